The first-order valence-electron chi connectivity index (χ1n) is 17.8. The topological polar surface area (TPSA) is 144 Å². The van der Waals surface area contributed by atoms with Gasteiger partial charge < -0.3 is 29.2 Å². The number of nitrogens with zero attached hydrogens (tertiary/aromatic N) is 4. The molecule has 4 heterocycles. The molecule has 286 valence electrons. The normalized spacial score (nSPS) is 17.4. The van der Waals surface area contributed by atoms with Crippen molar-refractivity contribution >= 4 is 35.1 Å². The molecular weight excluding hydrogens is 735 g/mol. The maximum absolute atomic E-state index is 11.7. The number of carboxylic acids is 2. The van der Waals surface area contributed by atoms with E-state index in [9.17, 15) is 19.8 Å². The van der Waals surface area contributed by atoms with Crippen molar-refractivity contribution in [2.24, 2.45) is 0 Å². The fourth-order valence-electron chi connectivity index (χ4n) is 7.35. The first-order chi connectivity index (χ1) is 26.0. The lowest BCUT2D eigenvalue weighted by Crippen LogP contribution is -2.35. The lowest BCUT2D eigenvalue weighted by atomic mass is 9.92. The molecule has 2 atom stereocenters. The summed E-state index contributed by atoms with van der Waals surface area (Å²) in [4.78, 5) is 36.3. The van der Waals surface area contributed by atoms with E-state index in [1.807, 2.05) is 47.9 Å². The van der Waals surface area contributed by atoms with Crippen molar-refractivity contribution < 1.29 is 38.7 Å². The summed E-state index contributed by atoms with van der Waals surface area (Å²) in [5.41, 5.74) is 7.41. The number of pyridine rings is 2. The Bertz CT molecular complexity index is 1890. The minimum absolute atomic E-state index is 0.209. The summed E-state index contributed by atoms with van der Waals surface area (Å²) in [7, 11) is 3.04. The summed E-state index contributed by atoms with van der Waals surface area (Å²) in [5, 5.41) is 19.8. The van der Waals surface area contributed by atoms with Gasteiger partial charge in [0.2, 0.25) is 23.5 Å². The second-order valence-corrected chi connectivity index (χ2v) is 14.4. The number of methoxy groups -OCH3 is 2. The quantitative estimate of drug-likeness (QED) is 0.125. The van der Waals surface area contributed by atoms with Gasteiger partial charge >= 0.3 is 11.9 Å². The Labute approximate surface area is 324 Å². The highest BCUT2D eigenvalue weighted by Crippen LogP contribution is 2.36. The van der Waals surface area contributed by atoms with Crippen molar-refractivity contribution in [2.75, 3.05) is 27.3 Å². The largest absolute Gasteiger partial charge is 0.481 e. The molecule has 0 aliphatic carbocycles. The van der Waals surface area contributed by atoms with Crippen molar-refractivity contribution in [3.63, 3.8) is 0 Å². The summed E-state index contributed by atoms with van der Waals surface area (Å²) in [6, 6.07) is 14.5. The summed E-state index contributed by atoms with van der Waals surface area (Å²) in [6.07, 6.45) is 2.83. The molecule has 2 aromatic heterocycles. The highest BCUT2D eigenvalue weighted by atomic mass is 35.5. The predicted molar refractivity (Wildman–Crippen MR) is 204 cm³/mol. The number of rotatable bonds is 15. The van der Waals surface area contributed by atoms with Crippen LogP contribution in [0.25, 0.3) is 11.1 Å². The zero-order chi connectivity index (χ0) is 38.5. The molecule has 0 amide bonds. The maximum atomic E-state index is 11.7. The third kappa shape index (κ3) is 8.52. The van der Waals surface area contributed by atoms with E-state index < -0.39 is 24.0 Å². The van der Waals surface area contributed by atoms with E-state index in [1.54, 1.807) is 12.1 Å². The molecule has 6 rings (SSSR count). The smallest absolute Gasteiger partial charge is 0.320 e. The predicted octanol–water partition coefficient (Wildman–Crippen LogP) is 7.34. The summed E-state index contributed by atoms with van der Waals surface area (Å²) < 4.78 is 23.4. The molecule has 54 heavy (non-hydrogen) atoms. The van der Waals surface area contributed by atoms with Crippen molar-refractivity contribution in [2.45, 2.75) is 77.9 Å². The van der Waals surface area contributed by atoms with Crippen LogP contribution in [0.15, 0.2) is 48.5 Å². The molecule has 4 aromatic rings. The van der Waals surface area contributed by atoms with Crippen LogP contribution in [0.4, 0.5) is 0 Å². The fraction of sp³-hybridized carbons (Fsp3) is 0.400. The van der Waals surface area contributed by atoms with Crippen LogP contribution >= 0.6 is 23.2 Å². The summed E-state index contributed by atoms with van der Waals surface area (Å²) >= 11 is 13.3. The molecule has 0 spiro atoms. The second kappa shape index (κ2) is 17.2. The Kier molecular flexibility index (Phi) is 12.5. The lowest BCUT2D eigenvalue weighted by molar-refractivity contribution is -0.143. The summed E-state index contributed by atoms with van der Waals surface area (Å²) in [6.45, 7) is 6.57. The minimum atomic E-state index is -0.837. The molecule has 2 fully saturated rings. The van der Waals surface area contributed by atoms with Crippen LogP contribution < -0.4 is 18.9 Å². The average molecular weight is 780 g/mol. The first-order valence-corrected chi connectivity index (χ1v) is 18.6. The van der Waals surface area contributed by atoms with Crippen molar-refractivity contribution in [3.8, 4) is 34.6 Å². The van der Waals surface area contributed by atoms with E-state index in [-0.39, 0.29) is 25.0 Å². The summed E-state index contributed by atoms with van der Waals surface area (Å²) in [5.74, 6) is -0.538. The molecule has 0 bridgehead atoms. The van der Waals surface area contributed by atoms with Gasteiger partial charge in [0.05, 0.1) is 14.2 Å². The SMILES string of the molecule is COc1nc(OCc2cccc(-c3cccc(COc4nc(OC)c(CN5CCC[C@@H]5C(=O)O)cc4Cl)c3C)c2C)c(Cl)cc1CN1CCC[C@@H]1C(=O)O. The molecule has 0 radical (unpaired) electrons. The van der Waals surface area contributed by atoms with E-state index in [4.69, 9.17) is 42.1 Å². The van der Waals surface area contributed by atoms with Crippen LogP contribution in [0.5, 0.6) is 23.5 Å². The number of hydrogen-bond acceptors (Lipinski definition) is 10. The Balaban J connectivity index is 1.15. The van der Waals surface area contributed by atoms with Crippen LogP contribution in [0.2, 0.25) is 10.0 Å². The number of aromatic nitrogens is 2. The van der Waals surface area contributed by atoms with E-state index >= 15 is 0 Å². The molecule has 2 aromatic carbocycles. The number of benzene rings is 2. The van der Waals surface area contributed by atoms with Gasteiger partial charge in [-0.15, -0.1) is 0 Å². The van der Waals surface area contributed by atoms with Gasteiger partial charge in [0.1, 0.15) is 35.3 Å². The molecule has 12 nitrogen and oxygen atoms in total. The first kappa shape index (κ1) is 39.1. The van der Waals surface area contributed by atoms with Gasteiger partial charge in [-0.05, 0) is 98.1 Å². The van der Waals surface area contributed by atoms with Crippen molar-refractivity contribution in [1.29, 1.82) is 0 Å². The van der Waals surface area contributed by atoms with Crippen LogP contribution in [0, 0.1) is 13.8 Å². The molecule has 2 aliphatic heterocycles. The Hall–Kier alpha value is -4.62. The van der Waals surface area contributed by atoms with E-state index in [0.717, 1.165) is 46.2 Å². The van der Waals surface area contributed by atoms with Crippen molar-refractivity contribution in [1.82, 2.24) is 19.8 Å². The van der Waals surface area contributed by atoms with Gasteiger partial charge in [0.15, 0.2) is 0 Å². The van der Waals surface area contributed by atoms with Gasteiger partial charge in [-0.1, -0.05) is 59.6 Å². The number of carbonyl (C=O) groups is 2. The van der Waals surface area contributed by atoms with Gasteiger partial charge in [-0.25, -0.2) is 0 Å². The van der Waals surface area contributed by atoms with Crippen molar-refractivity contribution in [3.05, 3.63) is 92.0 Å². The highest BCUT2D eigenvalue weighted by molar-refractivity contribution is 6.32. The number of likely N-dealkylation sites (tertiary alicyclic amines) is 2. The molecule has 2 aliphatic rings. The molecule has 2 saturated heterocycles. The number of carboxylic acid groups (broad SMARTS) is 2. The minimum Gasteiger partial charge on any atom is -0.481 e. The molecule has 2 N–H and O–H groups in total. The second-order valence-electron chi connectivity index (χ2n) is 13.6. The van der Waals surface area contributed by atoms with Gasteiger partial charge in [-0.3, -0.25) is 19.4 Å². The average Bonchev–Trinajstić information content (AvgIpc) is 3.82. The monoisotopic (exact) mass is 778 g/mol. The molecule has 14 heteroatoms. The molecule has 0 saturated carbocycles. The van der Waals surface area contributed by atoms with Crippen LogP contribution in [-0.2, 0) is 35.9 Å². The Morgan fingerprint density at radius 2 is 1.09 bits per heavy atom. The Morgan fingerprint density at radius 3 is 1.46 bits per heavy atom. The number of aliphatic carboxylic acids is 2. The standard InChI is InChI=1S/C40H44Cl2N4O8/c1-23-25(21-53-37-31(41)17-27(35(43-37)51-3)19-45-15-7-13-33(45)39(47)48)9-5-11-29(23)30-12-6-10-26(24(30)2)22-54-38-32(42)18-28(36(44-38)52-4)20-46-16-8-14-34(46)40(49)50/h5-6,9-12,17-18,33-34H,7-8,13-16,19-22H2,1-4H3,(H,47,48)(H,49,50)/t33-,34-/m1/s1. The zero-order valence-corrected chi connectivity index (χ0v) is 32.2. The van der Waals surface area contributed by atoms with Crippen LogP contribution in [0.1, 0.15) is 59.1 Å². The van der Waals surface area contributed by atoms with E-state index in [2.05, 4.69) is 22.1 Å². The van der Waals surface area contributed by atoms with Crippen LogP contribution in [0.3, 0.4) is 0 Å². The maximum Gasteiger partial charge on any atom is 0.320 e. The highest BCUT2D eigenvalue weighted by Gasteiger charge is 2.32. The van der Waals surface area contributed by atoms with Crippen LogP contribution in [-0.4, -0.2) is 81.3 Å². The third-order valence-corrected chi connectivity index (χ3v) is 10.8. The molecule has 0 unspecified atom stereocenters. The number of hydrogen-bond donors (Lipinski definition) is 2. The van der Waals surface area contributed by atoms with E-state index in [0.29, 0.717) is 72.0 Å². The Morgan fingerprint density at radius 1 is 0.685 bits per heavy atom. The third-order valence-electron chi connectivity index (χ3n) is 10.3. The number of ether oxygens (including phenoxy) is 4. The van der Waals surface area contributed by atoms with Gasteiger partial charge in [0.25, 0.3) is 0 Å². The van der Waals surface area contributed by atoms with E-state index in [1.165, 1.54) is 14.2 Å². The van der Waals surface area contributed by atoms with Gasteiger partial charge in [-0.2, -0.15) is 9.97 Å². The molecular formula is C40H44Cl2N4O8. The zero-order valence-electron chi connectivity index (χ0n) is 30.7. The number of halogens is 2. The van der Waals surface area contributed by atoms with Gasteiger partial charge in [0, 0.05) is 24.2 Å². The lowest BCUT2D eigenvalue weighted by Gasteiger charge is -2.22. The fourth-order valence-corrected chi connectivity index (χ4v) is 7.81.